The van der Waals surface area contributed by atoms with Gasteiger partial charge in [0.05, 0.1) is 17.7 Å². The number of hydrogen-bond acceptors (Lipinski definition) is 5. The van der Waals surface area contributed by atoms with Gasteiger partial charge in [-0.15, -0.1) is 0 Å². The quantitative estimate of drug-likeness (QED) is 0.652. The summed E-state index contributed by atoms with van der Waals surface area (Å²) in [6.07, 6.45) is 3.06. The fourth-order valence-electron chi connectivity index (χ4n) is 3.30. The zero-order valence-corrected chi connectivity index (χ0v) is 15.8. The minimum absolute atomic E-state index is 0.0160. The summed E-state index contributed by atoms with van der Waals surface area (Å²) < 4.78 is 1.66. The summed E-state index contributed by atoms with van der Waals surface area (Å²) in [6.45, 7) is 2.36. The highest BCUT2D eigenvalue weighted by atomic mass is 16.2. The van der Waals surface area contributed by atoms with Gasteiger partial charge in [0.15, 0.2) is 0 Å². The van der Waals surface area contributed by atoms with Crippen LogP contribution in [0, 0.1) is 6.92 Å². The summed E-state index contributed by atoms with van der Waals surface area (Å²) in [5, 5.41) is 6.93. The average Bonchev–Trinajstić information content (AvgIpc) is 3.29. The van der Waals surface area contributed by atoms with Crippen molar-refractivity contribution in [3.8, 4) is 0 Å². The highest BCUT2D eigenvalue weighted by molar-refractivity contribution is 6.21. The van der Waals surface area contributed by atoms with Gasteiger partial charge >= 0.3 is 0 Å². The van der Waals surface area contributed by atoms with E-state index in [4.69, 9.17) is 0 Å². The van der Waals surface area contributed by atoms with Gasteiger partial charge in [0.1, 0.15) is 12.7 Å². The Kier molecular flexibility index (Phi) is 4.90. The lowest BCUT2D eigenvalue weighted by Crippen LogP contribution is -2.33. The number of fused-ring (bicyclic) bond motifs is 1. The van der Waals surface area contributed by atoms with Crippen molar-refractivity contribution in [2.45, 2.75) is 19.9 Å². The first-order valence-corrected chi connectivity index (χ1v) is 9.20. The van der Waals surface area contributed by atoms with Crippen LogP contribution in [0.5, 0.6) is 0 Å². The molecule has 1 N–H and O–H groups in total. The molecule has 29 heavy (non-hydrogen) atoms. The fraction of sp³-hybridized carbons (Fsp3) is 0.190. The van der Waals surface area contributed by atoms with E-state index in [2.05, 4.69) is 15.4 Å². The highest BCUT2D eigenvalue weighted by Crippen LogP contribution is 2.24. The third-order valence-electron chi connectivity index (χ3n) is 4.78. The van der Waals surface area contributed by atoms with Gasteiger partial charge in [0.2, 0.25) is 5.91 Å². The van der Waals surface area contributed by atoms with Crippen molar-refractivity contribution < 1.29 is 14.4 Å². The van der Waals surface area contributed by atoms with E-state index in [-0.39, 0.29) is 30.7 Å². The predicted molar refractivity (Wildman–Crippen MR) is 105 cm³/mol. The van der Waals surface area contributed by atoms with Crippen LogP contribution in [0.3, 0.4) is 0 Å². The molecule has 0 atom stereocenters. The van der Waals surface area contributed by atoms with Gasteiger partial charge in [0, 0.05) is 18.7 Å². The molecule has 2 aromatic carbocycles. The maximum absolute atomic E-state index is 12.5. The van der Waals surface area contributed by atoms with Gasteiger partial charge < -0.3 is 5.32 Å². The Morgan fingerprint density at radius 3 is 2.66 bits per heavy atom. The van der Waals surface area contributed by atoms with Crippen LogP contribution in [0.1, 0.15) is 38.3 Å². The van der Waals surface area contributed by atoms with Crippen LogP contribution in [0.25, 0.3) is 0 Å². The summed E-state index contributed by atoms with van der Waals surface area (Å²) in [5.41, 5.74) is 3.23. The SMILES string of the molecule is Cc1ccc2c(c1)C(=O)N(CCC(=O)Nc1ccccc1Cn1cncn1)C2=O. The predicted octanol–water partition coefficient (Wildman–Crippen LogP) is 2.26. The second-order valence-electron chi connectivity index (χ2n) is 6.86. The van der Waals surface area contributed by atoms with E-state index in [0.717, 1.165) is 16.0 Å². The van der Waals surface area contributed by atoms with Gasteiger partial charge in [-0.3, -0.25) is 19.3 Å². The molecule has 0 unspecified atom stereocenters. The Morgan fingerprint density at radius 1 is 1.07 bits per heavy atom. The largest absolute Gasteiger partial charge is 0.326 e. The lowest BCUT2D eigenvalue weighted by Gasteiger charge is -2.15. The van der Waals surface area contributed by atoms with Crippen LogP contribution in [0.4, 0.5) is 5.69 Å². The average molecular weight is 389 g/mol. The Morgan fingerprint density at radius 2 is 1.86 bits per heavy atom. The Hall–Kier alpha value is -3.81. The Labute approximate surface area is 167 Å². The van der Waals surface area contributed by atoms with E-state index in [1.807, 2.05) is 25.1 Å². The topological polar surface area (TPSA) is 97.2 Å². The molecule has 0 aliphatic carbocycles. The smallest absolute Gasteiger partial charge is 0.261 e. The number of aryl methyl sites for hydroxylation is 1. The first-order chi connectivity index (χ1) is 14.0. The molecule has 146 valence electrons. The molecular formula is C21H19N5O3. The molecule has 1 aromatic heterocycles. The van der Waals surface area contributed by atoms with Crippen LogP contribution in [0.15, 0.2) is 55.1 Å². The lowest BCUT2D eigenvalue weighted by atomic mass is 10.1. The van der Waals surface area contributed by atoms with Gasteiger partial charge in [-0.1, -0.05) is 29.8 Å². The normalized spacial score (nSPS) is 12.9. The number of anilines is 1. The third-order valence-corrected chi connectivity index (χ3v) is 4.78. The first kappa shape index (κ1) is 18.5. The fourth-order valence-corrected chi connectivity index (χ4v) is 3.30. The summed E-state index contributed by atoms with van der Waals surface area (Å²) >= 11 is 0. The van der Waals surface area contributed by atoms with E-state index in [1.165, 1.54) is 6.33 Å². The second kappa shape index (κ2) is 7.67. The first-order valence-electron chi connectivity index (χ1n) is 9.20. The number of rotatable bonds is 6. The van der Waals surface area contributed by atoms with Crippen LogP contribution in [-0.2, 0) is 11.3 Å². The van der Waals surface area contributed by atoms with E-state index < -0.39 is 0 Å². The molecule has 0 fully saturated rings. The maximum atomic E-state index is 12.5. The number of carbonyl (C=O) groups is 3. The van der Waals surface area contributed by atoms with Gasteiger partial charge in [0.25, 0.3) is 11.8 Å². The molecule has 8 nitrogen and oxygen atoms in total. The second-order valence-corrected chi connectivity index (χ2v) is 6.86. The van der Waals surface area contributed by atoms with Gasteiger partial charge in [-0.25, -0.2) is 9.67 Å². The molecule has 0 spiro atoms. The van der Waals surface area contributed by atoms with Crippen LogP contribution < -0.4 is 5.32 Å². The number of imide groups is 1. The zero-order valence-electron chi connectivity index (χ0n) is 15.8. The van der Waals surface area contributed by atoms with Crippen molar-refractivity contribution in [2.24, 2.45) is 0 Å². The van der Waals surface area contributed by atoms with Gasteiger partial charge in [-0.05, 0) is 30.7 Å². The van der Waals surface area contributed by atoms with E-state index in [1.54, 1.807) is 35.3 Å². The molecule has 0 bridgehead atoms. The molecule has 0 saturated carbocycles. The van der Waals surface area contributed by atoms with Crippen LogP contribution in [-0.4, -0.2) is 43.9 Å². The number of nitrogens with one attached hydrogen (secondary N) is 1. The molecular weight excluding hydrogens is 370 g/mol. The van der Waals surface area contributed by atoms with Crippen LogP contribution in [0.2, 0.25) is 0 Å². The summed E-state index contributed by atoms with van der Waals surface area (Å²) in [4.78, 5) is 42.5. The Bertz CT molecular complexity index is 1090. The molecule has 2 heterocycles. The van der Waals surface area contributed by atoms with Crippen LogP contribution >= 0.6 is 0 Å². The molecule has 1 aliphatic rings. The molecule has 3 aromatic rings. The van der Waals surface area contributed by atoms with E-state index in [0.29, 0.717) is 23.4 Å². The number of nitrogens with zero attached hydrogens (tertiary/aromatic N) is 4. The number of carbonyl (C=O) groups excluding carboxylic acids is 3. The maximum Gasteiger partial charge on any atom is 0.261 e. The van der Waals surface area contributed by atoms with E-state index in [9.17, 15) is 14.4 Å². The standard InChI is InChI=1S/C21H19N5O3/c1-14-6-7-16-17(10-14)21(29)26(20(16)28)9-8-19(27)24-18-5-3-2-4-15(18)11-25-13-22-12-23-25/h2-7,10,12-13H,8-9,11H2,1H3,(H,24,27). The van der Waals surface area contributed by atoms with Crippen molar-refractivity contribution in [1.29, 1.82) is 0 Å². The highest BCUT2D eigenvalue weighted by Gasteiger charge is 2.35. The third kappa shape index (κ3) is 3.77. The van der Waals surface area contributed by atoms with Crippen molar-refractivity contribution >= 4 is 23.4 Å². The van der Waals surface area contributed by atoms with Crippen molar-refractivity contribution in [2.75, 3.05) is 11.9 Å². The minimum Gasteiger partial charge on any atom is -0.326 e. The molecule has 3 amide bonds. The van der Waals surface area contributed by atoms with Crippen molar-refractivity contribution in [1.82, 2.24) is 19.7 Å². The zero-order chi connectivity index (χ0) is 20.4. The molecule has 0 saturated heterocycles. The number of hydrogen-bond donors (Lipinski definition) is 1. The monoisotopic (exact) mass is 389 g/mol. The van der Waals surface area contributed by atoms with E-state index >= 15 is 0 Å². The lowest BCUT2D eigenvalue weighted by molar-refractivity contribution is -0.116. The molecule has 8 heteroatoms. The molecule has 4 rings (SSSR count). The number of amides is 3. The minimum atomic E-state index is -0.357. The van der Waals surface area contributed by atoms with Crippen molar-refractivity contribution in [3.05, 3.63) is 77.4 Å². The molecule has 0 radical (unpaired) electrons. The Balaban J connectivity index is 1.40. The van der Waals surface area contributed by atoms with Crippen molar-refractivity contribution in [3.63, 3.8) is 0 Å². The van der Waals surface area contributed by atoms with Gasteiger partial charge in [-0.2, -0.15) is 5.10 Å². The number of aromatic nitrogens is 3. The number of benzene rings is 2. The number of para-hydroxylation sites is 1. The summed E-state index contributed by atoms with van der Waals surface area (Å²) in [6, 6.07) is 12.6. The summed E-state index contributed by atoms with van der Waals surface area (Å²) in [5.74, 6) is -0.985. The molecule has 1 aliphatic heterocycles. The summed E-state index contributed by atoms with van der Waals surface area (Å²) in [7, 11) is 0.